The Morgan fingerprint density at radius 3 is 2.78 bits per heavy atom. The molecule has 0 saturated heterocycles. The van der Waals surface area contributed by atoms with Crippen LogP contribution in [0.15, 0.2) is 0 Å². The van der Waals surface area contributed by atoms with E-state index in [4.69, 9.17) is 18.0 Å². The second-order valence-electron chi connectivity index (χ2n) is 4.80. The largest absolute Gasteiger partial charge is 0.375 e. The van der Waals surface area contributed by atoms with E-state index in [-0.39, 0.29) is 0 Å². The summed E-state index contributed by atoms with van der Waals surface area (Å²) in [7, 11) is 0. The van der Waals surface area contributed by atoms with Gasteiger partial charge in [0.25, 0.3) is 0 Å². The minimum Gasteiger partial charge on any atom is -0.375 e. The molecule has 7 heteroatoms. The first-order valence-corrected chi connectivity index (χ1v) is 7.11. The molecule has 2 heterocycles. The van der Waals surface area contributed by atoms with Crippen LogP contribution < -0.4 is 11.1 Å². The van der Waals surface area contributed by atoms with Gasteiger partial charge in [-0.3, -0.25) is 0 Å². The molecule has 2 aromatic heterocycles. The van der Waals surface area contributed by atoms with Crippen LogP contribution in [0, 0.1) is 10.7 Å². The van der Waals surface area contributed by atoms with Gasteiger partial charge in [-0.05, 0) is 31.5 Å². The Hall–Kier alpha value is -1.21. The average molecular weight is 283 g/mol. The number of thiazole rings is 1. The Morgan fingerprint density at radius 2 is 2.11 bits per heavy atom. The lowest BCUT2D eigenvalue weighted by atomic mass is 10.1. The number of nitrogens with zero attached hydrogens (tertiary/aromatic N) is 2. The summed E-state index contributed by atoms with van der Waals surface area (Å²) in [5, 5.41) is 3.90. The van der Waals surface area contributed by atoms with Gasteiger partial charge in [0.15, 0.2) is 21.4 Å². The number of nitrogens with one attached hydrogen (secondary N) is 2. The third-order valence-corrected chi connectivity index (χ3v) is 3.59. The van der Waals surface area contributed by atoms with E-state index >= 15 is 0 Å². The van der Waals surface area contributed by atoms with Crippen LogP contribution in [0.5, 0.6) is 0 Å². The molecule has 5 nitrogen and oxygen atoms in total. The van der Waals surface area contributed by atoms with Gasteiger partial charge in [-0.2, -0.15) is 0 Å². The normalized spacial score (nSPS) is 13.1. The summed E-state index contributed by atoms with van der Waals surface area (Å²) >= 11 is 6.51. The van der Waals surface area contributed by atoms with Crippen LogP contribution in [0.4, 0.5) is 10.9 Å². The number of aromatic nitrogens is 3. The van der Waals surface area contributed by atoms with Crippen LogP contribution in [0.1, 0.15) is 27.2 Å². The van der Waals surface area contributed by atoms with Gasteiger partial charge >= 0.3 is 0 Å². The van der Waals surface area contributed by atoms with Crippen LogP contribution in [0.25, 0.3) is 10.3 Å². The summed E-state index contributed by atoms with van der Waals surface area (Å²) in [6.07, 6.45) is 1.07. The van der Waals surface area contributed by atoms with Crippen molar-refractivity contribution in [2.45, 2.75) is 33.2 Å². The number of aromatic amines is 1. The smallest absolute Gasteiger partial charge is 0.200 e. The quantitative estimate of drug-likeness (QED) is 0.751. The predicted octanol–water partition coefficient (Wildman–Crippen LogP) is 3.18. The molecule has 2 rings (SSSR count). The Balaban J connectivity index is 2.34. The van der Waals surface area contributed by atoms with Crippen molar-refractivity contribution in [3.63, 3.8) is 0 Å². The lowest BCUT2D eigenvalue weighted by Gasteiger charge is -2.16. The molecule has 98 valence electrons. The van der Waals surface area contributed by atoms with Crippen molar-refractivity contribution in [1.82, 2.24) is 15.0 Å². The minimum atomic E-state index is 0.334. The van der Waals surface area contributed by atoms with Gasteiger partial charge in [-0.15, -0.1) is 0 Å². The number of fused-ring (bicyclic) bond motifs is 1. The van der Waals surface area contributed by atoms with Gasteiger partial charge in [0.1, 0.15) is 4.70 Å². The Morgan fingerprint density at radius 1 is 1.39 bits per heavy atom. The first-order valence-electron chi connectivity index (χ1n) is 5.88. The molecule has 4 N–H and O–H groups in total. The molecule has 0 amide bonds. The standard InChI is InChI=1S/C11H17N5S2/c1-5(2)4-6(3)13-8-7-9(14-10(12)18-7)16-11(17)15-8/h5-6H,4H2,1-3H3,(H4,12,13,14,15,16,17)/t6-/m1/s1. The molecule has 2 aromatic rings. The highest BCUT2D eigenvalue weighted by Gasteiger charge is 2.12. The van der Waals surface area contributed by atoms with E-state index in [0.29, 0.717) is 27.5 Å². The molecule has 0 unspecified atom stereocenters. The van der Waals surface area contributed by atoms with Crippen molar-refractivity contribution >= 4 is 44.9 Å². The number of hydrogen-bond donors (Lipinski definition) is 3. The predicted molar refractivity (Wildman–Crippen MR) is 79.6 cm³/mol. The number of hydrogen-bond acceptors (Lipinski definition) is 6. The molecule has 0 aliphatic heterocycles. The van der Waals surface area contributed by atoms with E-state index in [1.165, 1.54) is 11.3 Å². The van der Waals surface area contributed by atoms with E-state index in [1.807, 2.05) is 0 Å². The summed E-state index contributed by atoms with van der Waals surface area (Å²) in [5.74, 6) is 1.41. The fourth-order valence-corrected chi connectivity index (χ4v) is 2.89. The maximum absolute atomic E-state index is 5.72. The average Bonchev–Trinajstić information content (AvgIpc) is 2.56. The van der Waals surface area contributed by atoms with Crippen molar-refractivity contribution in [2.24, 2.45) is 5.92 Å². The van der Waals surface area contributed by atoms with Crippen LogP contribution in [-0.2, 0) is 0 Å². The second kappa shape index (κ2) is 5.19. The van der Waals surface area contributed by atoms with Gasteiger partial charge in [0.2, 0.25) is 0 Å². The van der Waals surface area contributed by atoms with Crippen molar-refractivity contribution < 1.29 is 0 Å². The van der Waals surface area contributed by atoms with Crippen molar-refractivity contribution in [3.05, 3.63) is 4.77 Å². The molecule has 0 fully saturated rings. The van der Waals surface area contributed by atoms with Crippen molar-refractivity contribution in [3.8, 4) is 0 Å². The molecule has 0 aliphatic rings. The number of anilines is 2. The molecule has 0 aliphatic carbocycles. The van der Waals surface area contributed by atoms with Gasteiger partial charge in [0, 0.05) is 6.04 Å². The Labute approximate surface area is 115 Å². The van der Waals surface area contributed by atoms with E-state index in [9.17, 15) is 0 Å². The SMILES string of the molecule is CC(C)C[C@@H](C)Nc1nc(=S)[nH]c2nc(N)sc12. The molecular weight excluding hydrogens is 266 g/mol. The minimum absolute atomic E-state index is 0.334. The lowest BCUT2D eigenvalue weighted by molar-refractivity contribution is 0.539. The highest BCUT2D eigenvalue weighted by atomic mass is 32.1. The zero-order valence-electron chi connectivity index (χ0n) is 10.7. The van der Waals surface area contributed by atoms with Gasteiger partial charge in [-0.1, -0.05) is 25.2 Å². The van der Waals surface area contributed by atoms with Crippen LogP contribution in [0.2, 0.25) is 0 Å². The third-order valence-electron chi connectivity index (χ3n) is 2.51. The number of nitrogen functional groups attached to an aromatic ring is 1. The molecule has 0 spiro atoms. The van der Waals surface area contributed by atoms with E-state index in [1.54, 1.807) is 0 Å². The van der Waals surface area contributed by atoms with Crippen molar-refractivity contribution in [2.75, 3.05) is 11.1 Å². The van der Waals surface area contributed by atoms with E-state index in [2.05, 4.69) is 41.0 Å². The molecule has 1 atom stereocenters. The summed E-state index contributed by atoms with van der Waals surface area (Å²) in [5.41, 5.74) is 6.42. The molecule has 0 radical (unpaired) electrons. The van der Waals surface area contributed by atoms with Crippen molar-refractivity contribution in [1.29, 1.82) is 0 Å². The summed E-state index contributed by atoms with van der Waals surface area (Å²) < 4.78 is 1.35. The summed E-state index contributed by atoms with van der Waals surface area (Å²) in [6.45, 7) is 6.53. The van der Waals surface area contributed by atoms with Gasteiger partial charge < -0.3 is 16.0 Å². The van der Waals surface area contributed by atoms with Crippen LogP contribution in [-0.4, -0.2) is 21.0 Å². The maximum Gasteiger partial charge on any atom is 0.200 e. The first kappa shape index (κ1) is 13.2. The summed E-state index contributed by atoms with van der Waals surface area (Å²) in [4.78, 5) is 11.5. The van der Waals surface area contributed by atoms with Crippen LogP contribution >= 0.6 is 23.6 Å². The zero-order valence-corrected chi connectivity index (χ0v) is 12.3. The third kappa shape index (κ3) is 2.97. The fraction of sp³-hybridized carbons (Fsp3) is 0.545. The van der Waals surface area contributed by atoms with E-state index in [0.717, 1.165) is 16.9 Å². The molecule has 0 aromatic carbocycles. The molecule has 0 bridgehead atoms. The second-order valence-corrected chi connectivity index (χ2v) is 6.21. The molecular formula is C11H17N5S2. The van der Waals surface area contributed by atoms with Gasteiger partial charge in [-0.25, -0.2) is 9.97 Å². The topological polar surface area (TPSA) is 79.6 Å². The zero-order chi connectivity index (χ0) is 13.3. The molecule has 0 saturated carbocycles. The first-order chi connectivity index (χ1) is 8.45. The van der Waals surface area contributed by atoms with E-state index < -0.39 is 0 Å². The highest BCUT2D eigenvalue weighted by molar-refractivity contribution is 7.71. The fourth-order valence-electron chi connectivity index (χ4n) is 1.96. The summed E-state index contributed by atoms with van der Waals surface area (Å²) in [6, 6.07) is 0.334. The maximum atomic E-state index is 5.72. The number of nitrogens with two attached hydrogens (primary N) is 1. The monoisotopic (exact) mass is 283 g/mol. The number of H-pyrrole nitrogens is 1. The Bertz CT molecular complexity index is 601. The van der Waals surface area contributed by atoms with Crippen LogP contribution in [0.3, 0.4) is 0 Å². The highest BCUT2D eigenvalue weighted by Crippen LogP contribution is 2.28. The molecule has 18 heavy (non-hydrogen) atoms. The lowest BCUT2D eigenvalue weighted by Crippen LogP contribution is -2.18. The Kier molecular flexibility index (Phi) is 3.82. The number of rotatable bonds is 4. The van der Waals surface area contributed by atoms with Gasteiger partial charge in [0.05, 0.1) is 0 Å².